The third-order valence-electron chi connectivity index (χ3n) is 5.33. The van der Waals surface area contributed by atoms with Crippen LogP contribution in [0.25, 0.3) is 0 Å². The number of aliphatic carboxylic acids is 2. The molecule has 3 N–H and O–H groups in total. The summed E-state index contributed by atoms with van der Waals surface area (Å²) in [6.45, 7) is 3.86. The van der Waals surface area contributed by atoms with Gasteiger partial charge >= 0.3 is 11.9 Å². The molecule has 2 unspecified atom stereocenters. The Kier molecular flexibility index (Phi) is 8.52. The van der Waals surface area contributed by atoms with Crippen molar-refractivity contribution in [3.8, 4) is 0 Å². The number of rotatable bonds is 10. The zero-order valence-corrected chi connectivity index (χ0v) is 17.8. The Morgan fingerprint density at radius 1 is 1.24 bits per heavy atom. The van der Waals surface area contributed by atoms with Gasteiger partial charge in [-0.15, -0.1) is 0 Å². The van der Waals surface area contributed by atoms with Gasteiger partial charge in [0.05, 0.1) is 6.04 Å². The highest BCUT2D eigenvalue weighted by Gasteiger charge is 2.48. The van der Waals surface area contributed by atoms with Gasteiger partial charge in [0.25, 0.3) is 0 Å². The Labute approximate surface area is 175 Å². The first-order valence-electron chi connectivity index (χ1n) is 9.97. The molecule has 0 saturated carbocycles. The lowest BCUT2D eigenvalue weighted by molar-refractivity contribution is -0.159. The molecule has 1 aliphatic rings. The molecule has 1 amide bonds. The second-order valence-electron chi connectivity index (χ2n) is 7.43. The molecular formula is C21H30N2O5S. The van der Waals surface area contributed by atoms with E-state index in [2.05, 4.69) is 5.32 Å². The topological polar surface area (TPSA) is 107 Å². The molecule has 2 rings (SSSR count). The summed E-state index contributed by atoms with van der Waals surface area (Å²) in [5.74, 6) is -1.34. The van der Waals surface area contributed by atoms with Crippen LogP contribution in [0, 0.1) is 0 Å². The Morgan fingerprint density at radius 2 is 1.93 bits per heavy atom. The van der Waals surface area contributed by atoms with E-state index >= 15 is 0 Å². The summed E-state index contributed by atoms with van der Waals surface area (Å²) < 4.78 is 0. The molecular weight excluding hydrogens is 392 g/mol. The van der Waals surface area contributed by atoms with Gasteiger partial charge in [-0.05, 0) is 31.7 Å². The number of nitrogens with one attached hydrogen (secondary N) is 1. The molecule has 1 fully saturated rings. The summed E-state index contributed by atoms with van der Waals surface area (Å²) in [6.07, 6.45) is 1.93. The van der Waals surface area contributed by atoms with Crippen LogP contribution in [0.3, 0.4) is 0 Å². The third-order valence-corrected chi connectivity index (χ3v) is 6.48. The van der Waals surface area contributed by atoms with Crippen molar-refractivity contribution in [2.24, 2.45) is 0 Å². The quantitative estimate of drug-likeness (QED) is 0.531. The Morgan fingerprint density at radius 3 is 2.52 bits per heavy atom. The molecule has 7 nitrogen and oxygen atoms in total. The zero-order chi connectivity index (χ0) is 21.4. The van der Waals surface area contributed by atoms with Crippen LogP contribution in [0.4, 0.5) is 0 Å². The molecule has 0 radical (unpaired) electrons. The van der Waals surface area contributed by atoms with Crippen LogP contribution in [0.2, 0.25) is 0 Å². The molecule has 0 aromatic heterocycles. The molecule has 1 aromatic rings. The predicted octanol–water partition coefficient (Wildman–Crippen LogP) is 2.25. The van der Waals surface area contributed by atoms with Gasteiger partial charge in [-0.2, -0.15) is 11.8 Å². The maximum Gasteiger partial charge on any atom is 0.330 e. The standard InChI is InChI=1S/C21H30N2O5S/c1-3-11-21(20(27)28)14-29-13-12-23(21)18(24)15(2)22-17(19(25)26)10-9-16-7-5-4-6-8-16/h4-8,15,17,22H,3,9-14H2,1-2H3,(H,25,26)(H,27,28)/t15-,17?,21?/m0/s1. The van der Waals surface area contributed by atoms with E-state index in [1.165, 1.54) is 16.7 Å². The van der Waals surface area contributed by atoms with Gasteiger partial charge in [0.15, 0.2) is 0 Å². The van der Waals surface area contributed by atoms with E-state index in [4.69, 9.17) is 0 Å². The largest absolute Gasteiger partial charge is 0.480 e. The number of carbonyl (C=O) groups is 3. The first kappa shape index (κ1) is 23.2. The Balaban J connectivity index is 2.09. The fourth-order valence-corrected chi connectivity index (χ4v) is 4.97. The summed E-state index contributed by atoms with van der Waals surface area (Å²) in [6, 6.07) is 7.90. The lowest BCUT2D eigenvalue weighted by Crippen LogP contribution is -2.65. The van der Waals surface area contributed by atoms with Crippen LogP contribution in [-0.2, 0) is 20.8 Å². The van der Waals surface area contributed by atoms with Gasteiger partial charge in [0.1, 0.15) is 11.6 Å². The maximum atomic E-state index is 13.1. The van der Waals surface area contributed by atoms with E-state index in [0.717, 1.165) is 5.56 Å². The van der Waals surface area contributed by atoms with Gasteiger partial charge in [0, 0.05) is 18.1 Å². The van der Waals surface area contributed by atoms with Gasteiger partial charge in [-0.25, -0.2) is 4.79 Å². The van der Waals surface area contributed by atoms with Crippen LogP contribution in [0.5, 0.6) is 0 Å². The minimum absolute atomic E-state index is 0.339. The number of thioether (sulfide) groups is 1. The lowest BCUT2D eigenvalue weighted by atomic mass is 9.92. The molecule has 0 spiro atoms. The van der Waals surface area contributed by atoms with Crippen LogP contribution in [0.15, 0.2) is 30.3 Å². The third kappa shape index (κ3) is 5.73. The summed E-state index contributed by atoms with van der Waals surface area (Å²) >= 11 is 1.54. The highest BCUT2D eigenvalue weighted by Crippen LogP contribution is 2.32. The summed E-state index contributed by atoms with van der Waals surface area (Å²) in [4.78, 5) is 38.4. The van der Waals surface area contributed by atoms with Gasteiger partial charge in [-0.1, -0.05) is 43.7 Å². The number of aryl methyl sites for hydroxylation is 1. The van der Waals surface area contributed by atoms with E-state index in [9.17, 15) is 24.6 Å². The van der Waals surface area contributed by atoms with Gasteiger partial charge in [0.2, 0.25) is 5.91 Å². The van der Waals surface area contributed by atoms with Crippen molar-refractivity contribution in [1.29, 1.82) is 0 Å². The highest BCUT2D eigenvalue weighted by molar-refractivity contribution is 7.99. The normalized spacial score (nSPS) is 21.4. The Bertz CT molecular complexity index is 710. The van der Waals surface area contributed by atoms with Crippen molar-refractivity contribution in [1.82, 2.24) is 10.2 Å². The molecule has 1 aromatic carbocycles. The number of carboxylic acids is 2. The van der Waals surface area contributed by atoms with Crippen LogP contribution in [-0.4, -0.2) is 68.6 Å². The molecule has 1 aliphatic heterocycles. The van der Waals surface area contributed by atoms with Crippen molar-refractivity contribution in [3.63, 3.8) is 0 Å². The number of benzene rings is 1. The van der Waals surface area contributed by atoms with E-state index in [1.54, 1.807) is 6.92 Å². The monoisotopic (exact) mass is 422 g/mol. The number of hydrogen-bond donors (Lipinski definition) is 3. The van der Waals surface area contributed by atoms with Crippen molar-refractivity contribution < 1.29 is 24.6 Å². The number of hydrogen-bond acceptors (Lipinski definition) is 5. The van der Waals surface area contributed by atoms with E-state index in [0.29, 0.717) is 43.7 Å². The molecule has 3 atom stereocenters. The summed E-state index contributed by atoms with van der Waals surface area (Å²) in [5.41, 5.74) is -0.201. The predicted molar refractivity (Wildman–Crippen MR) is 113 cm³/mol. The van der Waals surface area contributed by atoms with E-state index in [-0.39, 0.29) is 5.91 Å². The molecule has 0 bridgehead atoms. The van der Waals surface area contributed by atoms with Crippen molar-refractivity contribution in [2.75, 3.05) is 18.1 Å². The molecule has 160 valence electrons. The van der Waals surface area contributed by atoms with Gasteiger partial charge in [-0.3, -0.25) is 14.9 Å². The zero-order valence-electron chi connectivity index (χ0n) is 17.0. The molecule has 1 saturated heterocycles. The lowest BCUT2D eigenvalue weighted by Gasteiger charge is -2.45. The molecule has 8 heteroatoms. The smallest absolute Gasteiger partial charge is 0.330 e. The summed E-state index contributed by atoms with van der Waals surface area (Å²) in [5, 5.41) is 22.4. The van der Waals surface area contributed by atoms with Crippen LogP contribution < -0.4 is 5.32 Å². The van der Waals surface area contributed by atoms with Crippen molar-refractivity contribution >= 4 is 29.6 Å². The fourth-order valence-electron chi connectivity index (χ4n) is 3.76. The SMILES string of the molecule is CCCC1(C(=O)O)CSCCN1C(=O)[C@H](C)NC(CCc1ccccc1)C(=O)O. The highest BCUT2D eigenvalue weighted by atomic mass is 32.2. The second kappa shape index (κ2) is 10.6. The molecule has 29 heavy (non-hydrogen) atoms. The number of nitrogens with zero attached hydrogens (tertiary/aromatic N) is 1. The number of amides is 1. The average Bonchev–Trinajstić information content (AvgIpc) is 2.71. The first-order chi connectivity index (χ1) is 13.8. The van der Waals surface area contributed by atoms with E-state index in [1.807, 2.05) is 37.3 Å². The second-order valence-corrected chi connectivity index (χ2v) is 8.54. The average molecular weight is 423 g/mol. The fraction of sp³-hybridized carbons (Fsp3) is 0.571. The van der Waals surface area contributed by atoms with Crippen molar-refractivity contribution in [2.45, 2.75) is 57.2 Å². The minimum Gasteiger partial charge on any atom is -0.480 e. The molecule has 0 aliphatic carbocycles. The minimum atomic E-state index is -1.23. The number of carbonyl (C=O) groups excluding carboxylic acids is 1. The summed E-state index contributed by atoms with van der Waals surface area (Å²) in [7, 11) is 0. The maximum absolute atomic E-state index is 13.1. The van der Waals surface area contributed by atoms with Crippen molar-refractivity contribution in [3.05, 3.63) is 35.9 Å². The van der Waals surface area contributed by atoms with Gasteiger partial charge < -0.3 is 15.1 Å². The van der Waals surface area contributed by atoms with E-state index < -0.39 is 29.6 Å². The van der Waals surface area contributed by atoms with Crippen LogP contribution in [0.1, 0.15) is 38.7 Å². The van der Waals surface area contributed by atoms with Crippen LogP contribution >= 0.6 is 11.8 Å². The Hall–Kier alpha value is -2.06. The molecule has 1 heterocycles. The first-order valence-corrected chi connectivity index (χ1v) is 11.1. The number of carboxylic acid groups (broad SMARTS) is 2.